The lowest BCUT2D eigenvalue weighted by atomic mass is 9.87. The second-order valence-electron chi connectivity index (χ2n) is 6.24. The zero-order chi connectivity index (χ0) is 12.6. The molecule has 1 heterocycles. The molecule has 0 aliphatic carbocycles. The van der Waals surface area contributed by atoms with Crippen LogP contribution in [0.3, 0.4) is 0 Å². The van der Waals surface area contributed by atoms with E-state index in [9.17, 15) is 0 Å². The first-order valence-corrected chi connectivity index (χ1v) is 7.46. The van der Waals surface area contributed by atoms with Crippen molar-refractivity contribution in [1.29, 1.82) is 0 Å². The van der Waals surface area contributed by atoms with Gasteiger partial charge >= 0.3 is 0 Å². The van der Waals surface area contributed by atoms with Crippen molar-refractivity contribution >= 4 is 0 Å². The van der Waals surface area contributed by atoms with Crippen molar-refractivity contribution < 1.29 is 4.74 Å². The molecule has 17 heavy (non-hydrogen) atoms. The Hall–Kier alpha value is -0.0800. The molecule has 2 nitrogen and oxygen atoms in total. The predicted octanol–water partition coefficient (Wildman–Crippen LogP) is 3.75. The summed E-state index contributed by atoms with van der Waals surface area (Å²) in [5, 5.41) is 3.60. The van der Waals surface area contributed by atoms with Crippen molar-refractivity contribution in [2.45, 2.75) is 71.8 Å². The highest BCUT2D eigenvalue weighted by atomic mass is 16.5. The number of ether oxygens (including phenoxy) is 1. The first kappa shape index (κ1) is 15.0. The van der Waals surface area contributed by atoms with Gasteiger partial charge in [0.25, 0.3) is 0 Å². The van der Waals surface area contributed by atoms with Crippen molar-refractivity contribution in [3.8, 4) is 0 Å². The Bertz CT molecular complexity index is 185. The van der Waals surface area contributed by atoms with Crippen molar-refractivity contribution in [1.82, 2.24) is 5.32 Å². The molecule has 0 amide bonds. The molecule has 1 aliphatic heterocycles. The average Bonchev–Trinajstić information content (AvgIpc) is 2.30. The molecule has 1 unspecified atom stereocenters. The van der Waals surface area contributed by atoms with Crippen molar-refractivity contribution in [2.24, 2.45) is 5.41 Å². The van der Waals surface area contributed by atoms with Crippen LogP contribution in [0.2, 0.25) is 0 Å². The molecular weight excluding hydrogens is 210 g/mol. The van der Waals surface area contributed by atoms with E-state index >= 15 is 0 Å². The first-order valence-electron chi connectivity index (χ1n) is 7.46. The number of nitrogens with one attached hydrogen (secondary N) is 1. The van der Waals surface area contributed by atoms with Crippen LogP contribution in [0, 0.1) is 5.41 Å². The highest BCUT2D eigenvalue weighted by Gasteiger charge is 2.18. The van der Waals surface area contributed by atoms with Gasteiger partial charge in [-0.15, -0.1) is 0 Å². The Balaban J connectivity index is 2.06. The van der Waals surface area contributed by atoms with Gasteiger partial charge in [0.05, 0.1) is 6.10 Å². The average molecular weight is 241 g/mol. The molecule has 1 atom stereocenters. The minimum Gasteiger partial charge on any atom is -0.377 e. The molecular formula is C15H31NO. The van der Waals surface area contributed by atoms with E-state index in [4.69, 9.17) is 4.74 Å². The Morgan fingerprint density at radius 3 is 2.71 bits per heavy atom. The van der Waals surface area contributed by atoms with Crippen LogP contribution in [0.4, 0.5) is 0 Å². The molecule has 1 rings (SSSR count). The lowest BCUT2D eigenvalue weighted by Gasteiger charge is -2.28. The van der Waals surface area contributed by atoms with Gasteiger partial charge < -0.3 is 10.1 Å². The van der Waals surface area contributed by atoms with Gasteiger partial charge in [0.2, 0.25) is 0 Å². The molecule has 1 saturated heterocycles. The van der Waals surface area contributed by atoms with Gasteiger partial charge in [-0.05, 0) is 31.1 Å². The quantitative estimate of drug-likeness (QED) is 0.653. The molecule has 2 heteroatoms. The smallest absolute Gasteiger partial charge is 0.0699 e. The summed E-state index contributed by atoms with van der Waals surface area (Å²) in [6, 6.07) is 0. The normalized spacial score (nSPS) is 21.7. The fourth-order valence-electron chi connectivity index (χ4n) is 2.48. The summed E-state index contributed by atoms with van der Waals surface area (Å²) in [5.41, 5.74) is 0.434. The van der Waals surface area contributed by atoms with E-state index in [1.807, 2.05) is 0 Å². The third-order valence-corrected chi connectivity index (χ3v) is 3.71. The van der Waals surface area contributed by atoms with Crippen molar-refractivity contribution in [3.63, 3.8) is 0 Å². The number of hydrogen-bond acceptors (Lipinski definition) is 2. The Morgan fingerprint density at radius 1 is 1.24 bits per heavy atom. The maximum atomic E-state index is 5.73. The predicted molar refractivity (Wildman–Crippen MR) is 74.4 cm³/mol. The fraction of sp³-hybridized carbons (Fsp3) is 1.00. The van der Waals surface area contributed by atoms with Crippen LogP contribution in [0.15, 0.2) is 0 Å². The molecule has 0 aromatic heterocycles. The molecule has 0 radical (unpaired) electrons. The summed E-state index contributed by atoms with van der Waals surface area (Å²) < 4.78 is 5.73. The second kappa shape index (κ2) is 8.10. The van der Waals surface area contributed by atoms with E-state index < -0.39 is 0 Å². The Labute approximate surface area is 108 Å². The van der Waals surface area contributed by atoms with E-state index in [1.54, 1.807) is 0 Å². The first-order chi connectivity index (χ1) is 8.14. The van der Waals surface area contributed by atoms with Gasteiger partial charge in [0.15, 0.2) is 0 Å². The molecule has 0 aromatic rings. The standard InChI is InChI=1S/C15H31NO/c1-4-5-7-10-15(2,3)13-16-12-14-9-6-8-11-17-14/h14,16H,4-13H2,1-3H3. The number of rotatable bonds is 8. The van der Waals surface area contributed by atoms with Crippen molar-refractivity contribution in [3.05, 3.63) is 0 Å². The van der Waals surface area contributed by atoms with Gasteiger partial charge in [-0.1, -0.05) is 40.0 Å². The maximum Gasteiger partial charge on any atom is 0.0699 e. The minimum atomic E-state index is 0.434. The number of unbranched alkanes of at least 4 members (excludes halogenated alkanes) is 2. The van der Waals surface area contributed by atoms with Crippen LogP contribution in [0.1, 0.15) is 65.7 Å². The summed E-state index contributed by atoms with van der Waals surface area (Å²) in [4.78, 5) is 0. The van der Waals surface area contributed by atoms with E-state index in [1.165, 1.54) is 44.9 Å². The summed E-state index contributed by atoms with van der Waals surface area (Å²) in [5.74, 6) is 0. The van der Waals surface area contributed by atoms with Gasteiger partial charge in [0.1, 0.15) is 0 Å². The molecule has 1 aliphatic rings. The summed E-state index contributed by atoms with van der Waals surface area (Å²) in [6.45, 7) is 10.1. The maximum absolute atomic E-state index is 5.73. The van der Waals surface area contributed by atoms with E-state index in [0.717, 1.165) is 19.7 Å². The van der Waals surface area contributed by atoms with Gasteiger partial charge in [0, 0.05) is 19.7 Å². The van der Waals surface area contributed by atoms with Crippen LogP contribution in [0.25, 0.3) is 0 Å². The lowest BCUT2D eigenvalue weighted by Crippen LogP contribution is -2.37. The zero-order valence-electron chi connectivity index (χ0n) is 12.1. The molecule has 0 bridgehead atoms. The van der Waals surface area contributed by atoms with Crippen LogP contribution < -0.4 is 5.32 Å². The number of hydrogen-bond donors (Lipinski definition) is 1. The Kier molecular flexibility index (Phi) is 7.14. The van der Waals surface area contributed by atoms with E-state index in [0.29, 0.717) is 11.5 Å². The molecule has 102 valence electrons. The van der Waals surface area contributed by atoms with Crippen molar-refractivity contribution in [2.75, 3.05) is 19.7 Å². The highest BCUT2D eigenvalue weighted by Crippen LogP contribution is 2.22. The summed E-state index contributed by atoms with van der Waals surface area (Å²) in [6.07, 6.45) is 9.68. The third kappa shape index (κ3) is 7.05. The van der Waals surface area contributed by atoms with E-state index in [2.05, 4.69) is 26.1 Å². The van der Waals surface area contributed by atoms with Crippen LogP contribution >= 0.6 is 0 Å². The SMILES string of the molecule is CCCCCC(C)(C)CNCC1CCCCO1. The Morgan fingerprint density at radius 2 is 2.06 bits per heavy atom. The summed E-state index contributed by atoms with van der Waals surface area (Å²) in [7, 11) is 0. The largest absolute Gasteiger partial charge is 0.377 e. The summed E-state index contributed by atoms with van der Waals surface area (Å²) >= 11 is 0. The molecule has 0 spiro atoms. The van der Waals surface area contributed by atoms with E-state index in [-0.39, 0.29) is 0 Å². The van der Waals surface area contributed by atoms with Crippen LogP contribution in [0.5, 0.6) is 0 Å². The van der Waals surface area contributed by atoms with Crippen LogP contribution in [-0.4, -0.2) is 25.8 Å². The molecule has 0 aromatic carbocycles. The molecule has 0 saturated carbocycles. The second-order valence-corrected chi connectivity index (χ2v) is 6.24. The molecule has 1 N–H and O–H groups in total. The lowest BCUT2D eigenvalue weighted by molar-refractivity contribution is 0.0156. The van der Waals surface area contributed by atoms with Gasteiger partial charge in [-0.2, -0.15) is 0 Å². The topological polar surface area (TPSA) is 21.3 Å². The van der Waals surface area contributed by atoms with Crippen LogP contribution in [-0.2, 0) is 4.74 Å². The van der Waals surface area contributed by atoms with Gasteiger partial charge in [-0.3, -0.25) is 0 Å². The fourth-order valence-corrected chi connectivity index (χ4v) is 2.48. The molecule has 1 fully saturated rings. The van der Waals surface area contributed by atoms with Gasteiger partial charge in [-0.25, -0.2) is 0 Å². The monoisotopic (exact) mass is 241 g/mol. The highest BCUT2D eigenvalue weighted by molar-refractivity contribution is 4.74. The zero-order valence-corrected chi connectivity index (χ0v) is 12.1. The minimum absolute atomic E-state index is 0.434. The third-order valence-electron chi connectivity index (χ3n) is 3.71.